The molecule has 4 nitrogen and oxygen atoms in total. The monoisotopic (exact) mass is 462 g/mol. The van der Waals surface area contributed by atoms with Gasteiger partial charge < -0.3 is 10.6 Å². The fourth-order valence-corrected chi connectivity index (χ4v) is 3.25. The molecule has 0 bridgehead atoms. The van der Waals surface area contributed by atoms with Crippen molar-refractivity contribution < 1.29 is 9.59 Å². The highest BCUT2D eigenvalue weighted by Gasteiger charge is 2.23. The minimum absolute atomic E-state index is 0.191. The lowest BCUT2D eigenvalue weighted by molar-refractivity contribution is 0.0872. The maximum absolute atomic E-state index is 12.8. The van der Waals surface area contributed by atoms with Gasteiger partial charge in [-0.2, -0.15) is 0 Å². The van der Waals surface area contributed by atoms with E-state index in [4.69, 9.17) is 0 Å². The highest BCUT2D eigenvalue weighted by Crippen LogP contribution is 2.15. The number of anilines is 1. The predicted molar refractivity (Wildman–Crippen MR) is 109 cm³/mol. The van der Waals surface area contributed by atoms with Crippen LogP contribution in [0.4, 0.5) is 5.69 Å². The maximum Gasteiger partial charge on any atom is 0.263 e. The molecule has 1 atom stereocenters. The number of carbonyl (C=O) groups is 2. The molecule has 0 spiro atoms. The summed E-state index contributed by atoms with van der Waals surface area (Å²) in [5.41, 5.74) is 1.30. The Kier molecular flexibility index (Phi) is 5.83. The number of hydrogen-bond donors (Lipinski definition) is 2. The van der Waals surface area contributed by atoms with Crippen LogP contribution in [0.1, 0.15) is 20.0 Å². The Morgan fingerprint density at radius 2 is 1.64 bits per heavy atom. The summed E-state index contributed by atoms with van der Waals surface area (Å²) in [6.07, 6.45) is -0.850. The molecule has 1 unspecified atom stereocenters. The Bertz CT molecular complexity index is 849. The summed E-state index contributed by atoms with van der Waals surface area (Å²) in [4.78, 5) is 25.8. The van der Waals surface area contributed by atoms with Gasteiger partial charge in [0.1, 0.15) is 0 Å². The van der Waals surface area contributed by atoms with Gasteiger partial charge in [0, 0.05) is 14.8 Å². The van der Waals surface area contributed by atoms with E-state index in [1.807, 2.05) is 35.7 Å². The first-order valence-corrected chi connectivity index (χ1v) is 9.55. The topological polar surface area (TPSA) is 58.2 Å². The smallest absolute Gasteiger partial charge is 0.263 e. The second-order valence-corrected chi connectivity index (χ2v) is 7.46. The van der Waals surface area contributed by atoms with Crippen LogP contribution in [-0.2, 0) is 0 Å². The fourth-order valence-electron chi connectivity index (χ4n) is 2.26. The first-order valence-electron chi connectivity index (χ1n) is 7.59. The Labute approximate surface area is 163 Å². The lowest BCUT2D eigenvalue weighted by Gasteiger charge is -2.20. The van der Waals surface area contributed by atoms with E-state index < -0.39 is 6.17 Å². The van der Waals surface area contributed by atoms with Gasteiger partial charge in [-0.25, -0.2) is 0 Å². The second kappa shape index (κ2) is 8.26. The van der Waals surface area contributed by atoms with Gasteiger partial charge in [0.25, 0.3) is 5.91 Å². The molecule has 0 radical (unpaired) electrons. The van der Waals surface area contributed by atoms with Crippen LogP contribution in [-0.4, -0.2) is 17.9 Å². The van der Waals surface area contributed by atoms with Crippen molar-refractivity contribution in [3.05, 3.63) is 86.1 Å². The Morgan fingerprint density at radius 3 is 2.28 bits per heavy atom. The molecule has 1 amide bonds. The number of amides is 1. The SMILES string of the molecule is O=C(NC(Nc1ccc(I)cc1)C(=O)c1ccccc1)c1cccs1. The largest absolute Gasteiger partial charge is 0.359 e. The van der Waals surface area contributed by atoms with Crippen molar-refractivity contribution in [2.24, 2.45) is 0 Å². The van der Waals surface area contributed by atoms with Crippen molar-refractivity contribution in [3.8, 4) is 0 Å². The van der Waals surface area contributed by atoms with E-state index in [1.165, 1.54) is 11.3 Å². The highest BCUT2D eigenvalue weighted by molar-refractivity contribution is 14.1. The molecular formula is C19H15IN2O2S. The van der Waals surface area contributed by atoms with Gasteiger partial charge in [-0.3, -0.25) is 9.59 Å². The summed E-state index contributed by atoms with van der Waals surface area (Å²) in [6.45, 7) is 0. The summed E-state index contributed by atoms with van der Waals surface area (Å²) in [6, 6.07) is 20.1. The van der Waals surface area contributed by atoms with Gasteiger partial charge in [-0.15, -0.1) is 11.3 Å². The maximum atomic E-state index is 12.8. The standard InChI is InChI=1S/C19H15IN2O2S/c20-14-8-10-15(11-9-14)21-18(17(23)13-5-2-1-3-6-13)22-19(24)16-7-4-12-25-16/h1-12,18,21H,(H,22,24). The summed E-state index contributed by atoms with van der Waals surface area (Å²) in [7, 11) is 0. The molecule has 25 heavy (non-hydrogen) atoms. The number of thiophene rings is 1. The number of halogens is 1. The van der Waals surface area contributed by atoms with E-state index in [2.05, 4.69) is 33.2 Å². The lowest BCUT2D eigenvalue weighted by atomic mass is 10.1. The van der Waals surface area contributed by atoms with Gasteiger partial charge in [0.2, 0.25) is 5.78 Å². The Balaban J connectivity index is 1.83. The fraction of sp³-hybridized carbons (Fsp3) is 0.0526. The molecule has 2 aromatic carbocycles. The molecule has 126 valence electrons. The molecule has 2 N–H and O–H groups in total. The van der Waals surface area contributed by atoms with Crippen molar-refractivity contribution in [1.29, 1.82) is 0 Å². The van der Waals surface area contributed by atoms with Crippen LogP contribution < -0.4 is 10.6 Å². The molecular weight excluding hydrogens is 447 g/mol. The van der Waals surface area contributed by atoms with E-state index in [-0.39, 0.29) is 11.7 Å². The third-order valence-corrected chi connectivity index (χ3v) is 5.08. The van der Waals surface area contributed by atoms with Crippen LogP contribution in [0.2, 0.25) is 0 Å². The van der Waals surface area contributed by atoms with Gasteiger partial charge in [0.15, 0.2) is 6.17 Å². The summed E-state index contributed by atoms with van der Waals surface area (Å²) < 4.78 is 1.09. The number of ketones is 1. The molecule has 3 aromatic rings. The molecule has 1 aromatic heterocycles. The average molecular weight is 462 g/mol. The minimum Gasteiger partial charge on any atom is -0.359 e. The lowest BCUT2D eigenvalue weighted by Crippen LogP contribution is -2.46. The molecule has 0 saturated heterocycles. The number of carbonyl (C=O) groups excluding carboxylic acids is 2. The van der Waals surface area contributed by atoms with E-state index in [1.54, 1.807) is 36.4 Å². The Hall–Kier alpha value is -2.19. The number of hydrogen-bond acceptors (Lipinski definition) is 4. The first kappa shape index (κ1) is 17.6. The van der Waals surface area contributed by atoms with Gasteiger partial charge in [0.05, 0.1) is 4.88 Å². The van der Waals surface area contributed by atoms with Gasteiger partial charge >= 0.3 is 0 Å². The van der Waals surface area contributed by atoms with E-state index in [0.29, 0.717) is 10.4 Å². The van der Waals surface area contributed by atoms with Crippen LogP contribution in [0.3, 0.4) is 0 Å². The summed E-state index contributed by atoms with van der Waals surface area (Å²) in [5.74, 6) is -0.466. The van der Waals surface area contributed by atoms with Crippen molar-refractivity contribution >= 4 is 51.3 Å². The predicted octanol–water partition coefficient (Wildman–Crippen LogP) is 4.40. The average Bonchev–Trinajstić information content (AvgIpc) is 3.18. The van der Waals surface area contributed by atoms with Crippen LogP contribution in [0, 0.1) is 3.57 Å². The molecule has 0 aliphatic rings. The molecule has 6 heteroatoms. The second-order valence-electron chi connectivity index (χ2n) is 5.27. The molecule has 3 rings (SSSR count). The zero-order valence-corrected chi connectivity index (χ0v) is 16.1. The van der Waals surface area contributed by atoms with E-state index in [9.17, 15) is 9.59 Å². The highest BCUT2D eigenvalue weighted by atomic mass is 127. The quantitative estimate of drug-likeness (QED) is 0.324. The summed E-state index contributed by atoms with van der Waals surface area (Å²) >= 11 is 3.55. The normalized spacial score (nSPS) is 11.6. The first-order chi connectivity index (χ1) is 12.1. The van der Waals surface area contributed by atoms with Gasteiger partial charge in [-0.1, -0.05) is 36.4 Å². The van der Waals surface area contributed by atoms with Crippen molar-refractivity contribution in [2.45, 2.75) is 6.17 Å². The minimum atomic E-state index is -0.850. The van der Waals surface area contributed by atoms with Crippen molar-refractivity contribution in [3.63, 3.8) is 0 Å². The number of Topliss-reactive ketones (excluding diaryl/α,β-unsaturated/α-hetero) is 1. The summed E-state index contributed by atoms with van der Waals surface area (Å²) in [5, 5.41) is 7.74. The third-order valence-electron chi connectivity index (χ3n) is 3.50. The number of benzene rings is 2. The molecule has 0 aliphatic carbocycles. The Morgan fingerprint density at radius 1 is 0.920 bits per heavy atom. The van der Waals surface area contributed by atoms with Crippen molar-refractivity contribution in [1.82, 2.24) is 5.32 Å². The van der Waals surface area contributed by atoms with Crippen LogP contribution >= 0.6 is 33.9 Å². The number of nitrogens with one attached hydrogen (secondary N) is 2. The van der Waals surface area contributed by atoms with E-state index >= 15 is 0 Å². The third kappa shape index (κ3) is 4.67. The molecule has 0 aliphatic heterocycles. The van der Waals surface area contributed by atoms with Crippen molar-refractivity contribution in [2.75, 3.05) is 5.32 Å². The van der Waals surface area contributed by atoms with Crippen LogP contribution in [0.25, 0.3) is 0 Å². The van der Waals surface area contributed by atoms with E-state index in [0.717, 1.165) is 9.26 Å². The zero-order valence-electron chi connectivity index (χ0n) is 13.1. The molecule has 0 saturated carbocycles. The molecule has 0 fully saturated rings. The number of rotatable bonds is 6. The molecule has 1 heterocycles. The van der Waals surface area contributed by atoms with Gasteiger partial charge in [-0.05, 0) is 58.3 Å². The van der Waals surface area contributed by atoms with Crippen LogP contribution in [0.15, 0.2) is 72.1 Å². The zero-order chi connectivity index (χ0) is 17.6. The van der Waals surface area contributed by atoms with Crippen LogP contribution in [0.5, 0.6) is 0 Å².